The summed E-state index contributed by atoms with van der Waals surface area (Å²) in [6.45, 7) is 0. The van der Waals surface area contributed by atoms with Crippen molar-refractivity contribution in [3.8, 4) is 0 Å². The Bertz CT molecular complexity index is 424. The van der Waals surface area contributed by atoms with Crippen molar-refractivity contribution in [1.29, 1.82) is 0 Å². The van der Waals surface area contributed by atoms with Crippen LogP contribution >= 0.6 is 0 Å². The highest BCUT2D eigenvalue weighted by Crippen LogP contribution is 2.05. The molecule has 5 heteroatoms. The van der Waals surface area contributed by atoms with Crippen LogP contribution in [0, 0.1) is 0 Å². The molecule has 1 amide bonds. The van der Waals surface area contributed by atoms with E-state index in [4.69, 9.17) is 0 Å². The van der Waals surface area contributed by atoms with Gasteiger partial charge in [-0.1, -0.05) is 18.2 Å². The molecule has 0 radical (unpaired) electrons. The maximum atomic E-state index is 11.5. The minimum Gasteiger partial charge on any atom is -0.326 e. The number of nitrogens with one attached hydrogen (secondary N) is 2. The Kier molecular flexibility index (Phi) is 2.73. The first-order valence-corrected chi connectivity index (χ1v) is 4.54. The van der Waals surface area contributed by atoms with Crippen molar-refractivity contribution in [2.45, 2.75) is 6.42 Å². The average Bonchev–Trinajstić information content (AvgIpc) is 2.71. The second-order valence-electron chi connectivity index (χ2n) is 3.02. The molecular weight excluding hydrogens is 192 g/mol. The van der Waals surface area contributed by atoms with Crippen molar-refractivity contribution in [3.05, 3.63) is 42.5 Å². The van der Waals surface area contributed by atoms with E-state index >= 15 is 0 Å². The van der Waals surface area contributed by atoms with Gasteiger partial charge >= 0.3 is 0 Å². The van der Waals surface area contributed by atoms with Crippen LogP contribution in [0.15, 0.2) is 36.7 Å². The number of nitrogens with zero attached hydrogens (tertiary/aromatic N) is 2. The summed E-state index contributed by atoms with van der Waals surface area (Å²) in [7, 11) is 0. The first-order chi connectivity index (χ1) is 7.34. The molecule has 2 N–H and O–H groups in total. The number of aromatic amines is 1. The molecule has 0 spiro atoms. The van der Waals surface area contributed by atoms with Crippen LogP contribution in [-0.2, 0) is 11.2 Å². The molecule has 0 atom stereocenters. The Hall–Kier alpha value is -2.17. The summed E-state index contributed by atoms with van der Waals surface area (Å²) in [5.74, 6) is 0.446. The van der Waals surface area contributed by atoms with Gasteiger partial charge in [-0.2, -0.15) is 5.10 Å². The van der Waals surface area contributed by atoms with Crippen molar-refractivity contribution in [2.24, 2.45) is 0 Å². The van der Waals surface area contributed by atoms with Crippen LogP contribution < -0.4 is 5.32 Å². The van der Waals surface area contributed by atoms with Gasteiger partial charge in [0.15, 0.2) is 0 Å². The summed E-state index contributed by atoms with van der Waals surface area (Å²) < 4.78 is 0. The third-order valence-electron chi connectivity index (χ3n) is 1.85. The van der Waals surface area contributed by atoms with Gasteiger partial charge < -0.3 is 5.32 Å². The number of amides is 1. The van der Waals surface area contributed by atoms with Crippen molar-refractivity contribution in [1.82, 2.24) is 15.2 Å². The fraction of sp³-hybridized carbons (Fsp3) is 0.100. The molecule has 15 heavy (non-hydrogen) atoms. The van der Waals surface area contributed by atoms with Gasteiger partial charge in [0.1, 0.15) is 12.2 Å². The topological polar surface area (TPSA) is 70.7 Å². The molecule has 0 saturated heterocycles. The lowest BCUT2D eigenvalue weighted by molar-refractivity contribution is -0.115. The molecule has 0 fully saturated rings. The summed E-state index contributed by atoms with van der Waals surface area (Å²) >= 11 is 0. The summed E-state index contributed by atoms with van der Waals surface area (Å²) in [6.07, 6.45) is 1.58. The van der Waals surface area contributed by atoms with Crippen LogP contribution in [0.1, 0.15) is 5.82 Å². The first-order valence-electron chi connectivity index (χ1n) is 4.54. The highest BCUT2D eigenvalue weighted by atomic mass is 16.1. The number of carbonyl (C=O) groups is 1. The van der Waals surface area contributed by atoms with Gasteiger partial charge in [-0.25, -0.2) is 4.98 Å². The average molecular weight is 202 g/mol. The van der Waals surface area contributed by atoms with E-state index in [0.717, 1.165) is 5.69 Å². The van der Waals surface area contributed by atoms with Crippen molar-refractivity contribution in [2.75, 3.05) is 5.32 Å². The molecule has 1 aromatic heterocycles. The number of aromatic nitrogens is 3. The van der Waals surface area contributed by atoms with Gasteiger partial charge in [0, 0.05) is 5.69 Å². The van der Waals surface area contributed by atoms with Crippen molar-refractivity contribution >= 4 is 11.6 Å². The summed E-state index contributed by atoms with van der Waals surface area (Å²) in [5, 5.41) is 9.05. The maximum Gasteiger partial charge on any atom is 0.232 e. The molecule has 0 saturated carbocycles. The standard InChI is InChI=1S/C10H10N4O/c15-10(6-9-11-7-12-14-9)13-8-4-2-1-3-5-8/h1-5,7H,6H2,(H,13,15)(H,11,12,14). The van der Waals surface area contributed by atoms with E-state index in [-0.39, 0.29) is 12.3 Å². The number of H-pyrrole nitrogens is 1. The molecular formula is C10H10N4O. The minimum atomic E-state index is -0.113. The van der Waals surface area contributed by atoms with E-state index in [1.165, 1.54) is 6.33 Å². The lowest BCUT2D eigenvalue weighted by atomic mass is 10.3. The normalized spacial score (nSPS) is 9.87. The van der Waals surface area contributed by atoms with Gasteiger partial charge in [-0.05, 0) is 12.1 Å². The van der Waals surface area contributed by atoms with E-state index in [9.17, 15) is 4.79 Å². The Balaban J connectivity index is 1.94. The summed E-state index contributed by atoms with van der Waals surface area (Å²) in [6, 6.07) is 9.29. The minimum absolute atomic E-state index is 0.113. The Morgan fingerprint density at radius 3 is 2.80 bits per heavy atom. The Labute approximate surface area is 86.5 Å². The lowest BCUT2D eigenvalue weighted by Gasteiger charge is -2.02. The molecule has 0 aliphatic rings. The molecule has 0 aliphatic carbocycles. The van der Waals surface area contributed by atoms with Crippen LogP contribution in [-0.4, -0.2) is 21.1 Å². The Morgan fingerprint density at radius 2 is 2.13 bits per heavy atom. The molecule has 5 nitrogen and oxygen atoms in total. The monoisotopic (exact) mass is 202 g/mol. The number of carbonyl (C=O) groups excluding carboxylic acids is 1. The summed E-state index contributed by atoms with van der Waals surface area (Å²) in [5.41, 5.74) is 0.780. The zero-order valence-corrected chi connectivity index (χ0v) is 7.97. The van der Waals surface area contributed by atoms with Gasteiger partial charge in [0.25, 0.3) is 0 Å². The quantitative estimate of drug-likeness (QED) is 0.779. The lowest BCUT2D eigenvalue weighted by Crippen LogP contribution is -2.15. The van der Waals surface area contributed by atoms with Gasteiger partial charge in [0.2, 0.25) is 5.91 Å². The van der Waals surface area contributed by atoms with E-state index < -0.39 is 0 Å². The van der Waals surface area contributed by atoms with Gasteiger partial charge in [-0.15, -0.1) is 0 Å². The second kappa shape index (κ2) is 4.36. The molecule has 0 aliphatic heterocycles. The highest BCUT2D eigenvalue weighted by molar-refractivity contribution is 5.91. The molecule has 1 heterocycles. The van der Waals surface area contributed by atoms with Crippen molar-refractivity contribution in [3.63, 3.8) is 0 Å². The van der Waals surface area contributed by atoms with E-state index in [1.54, 1.807) is 0 Å². The number of hydrogen-bond acceptors (Lipinski definition) is 3. The zero-order valence-electron chi connectivity index (χ0n) is 7.97. The number of rotatable bonds is 3. The van der Waals surface area contributed by atoms with Crippen LogP contribution in [0.3, 0.4) is 0 Å². The maximum absolute atomic E-state index is 11.5. The van der Waals surface area contributed by atoms with Crippen LogP contribution in [0.5, 0.6) is 0 Å². The first kappa shape index (κ1) is 9.39. The fourth-order valence-corrected chi connectivity index (χ4v) is 1.19. The molecule has 76 valence electrons. The number of benzene rings is 1. The van der Waals surface area contributed by atoms with E-state index in [0.29, 0.717) is 5.82 Å². The predicted octanol–water partition coefficient (Wildman–Crippen LogP) is 0.986. The van der Waals surface area contributed by atoms with Gasteiger partial charge in [0.05, 0.1) is 6.42 Å². The zero-order chi connectivity index (χ0) is 10.5. The third kappa shape index (κ3) is 2.63. The van der Waals surface area contributed by atoms with Gasteiger partial charge in [-0.3, -0.25) is 9.89 Å². The molecule has 0 unspecified atom stereocenters. The Morgan fingerprint density at radius 1 is 1.33 bits per heavy atom. The van der Waals surface area contributed by atoms with Crippen LogP contribution in [0.2, 0.25) is 0 Å². The SMILES string of the molecule is O=C(Cc1ncn[nH]1)Nc1ccccc1. The molecule has 0 bridgehead atoms. The van der Waals surface area contributed by atoms with E-state index in [1.807, 2.05) is 30.3 Å². The fourth-order valence-electron chi connectivity index (χ4n) is 1.19. The predicted molar refractivity (Wildman–Crippen MR) is 55.2 cm³/mol. The smallest absolute Gasteiger partial charge is 0.232 e. The number of para-hydroxylation sites is 1. The number of anilines is 1. The number of hydrogen-bond donors (Lipinski definition) is 2. The van der Waals surface area contributed by atoms with Crippen molar-refractivity contribution < 1.29 is 4.79 Å². The molecule has 2 rings (SSSR count). The highest BCUT2D eigenvalue weighted by Gasteiger charge is 2.05. The summed E-state index contributed by atoms with van der Waals surface area (Å²) in [4.78, 5) is 15.4. The second-order valence-corrected chi connectivity index (χ2v) is 3.02. The third-order valence-corrected chi connectivity index (χ3v) is 1.85. The molecule has 2 aromatic rings. The van der Waals surface area contributed by atoms with E-state index in [2.05, 4.69) is 20.5 Å². The largest absolute Gasteiger partial charge is 0.326 e. The van der Waals surface area contributed by atoms with Crippen LogP contribution in [0.4, 0.5) is 5.69 Å². The molecule has 1 aromatic carbocycles. The van der Waals surface area contributed by atoms with Crippen LogP contribution in [0.25, 0.3) is 0 Å².